The molecule has 1 heterocycles. The van der Waals surface area contributed by atoms with E-state index in [1.165, 1.54) is 5.56 Å². The van der Waals surface area contributed by atoms with Crippen LogP contribution in [0.4, 0.5) is 16.2 Å². The first-order chi connectivity index (χ1) is 8.78. The quantitative estimate of drug-likeness (QED) is 0.840. The number of hydrogen-bond acceptors (Lipinski definition) is 2. The summed E-state index contributed by atoms with van der Waals surface area (Å²) in [4.78, 5) is 14.1. The molecule has 18 heavy (non-hydrogen) atoms. The summed E-state index contributed by atoms with van der Waals surface area (Å²) in [5.74, 6) is 0. The third-order valence-electron chi connectivity index (χ3n) is 3.64. The first-order valence-corrected chi connectivity index (χ1v) is 6.66. The van der Waals surface area contributed by atoms with Crippen LogP contribution in [0.15, 0.2) is 18.2 Å². The zero-order valence-corrected chi connectivity index (χ0v) is 10.7. The van der Waals surface area contributed by atoms with Gasteiger partial charge in [0.05, 0.1) is 5.69 Å². The number of anilines is 2. The van der Waals surface area contributed by atoms with Gasteiger partial charge in [-0.05, 0) is 43.4 Å². The lowest BCUT2D eigenvalue weighted by atomic mass is 10.0. The minimum atomic E-state index is 0.0618. The van der Waals surface area contributed by atoms with Crippen LogP contribution >= 0.6 is 0 Å². The van der Waals surface area contributed by atoms with Crippen molar-refractivity contribution in [2.24, 2.45) is 0 Å². The fraction of sp³-hybridized carbons (Fsp3) is 0.500. The highest BCUT2D eigenvalue weighted by atomic mass is 16.2. The Balaban J connectivity index is 1.86. The highest BCUT2D eigenvalue weighted by Crippen LogP contribution is 2.30. The van der Waals surface area contributed by atoms with Crippen molar-refractivity contribution in [2.75, 3.05) is 23.8 Å². The van der Waals surface area contributed by atoms with Gasteiger partial charge in [-0.2, -0.15) is 0 Å². The lowest BCUT2D eigenvalue weighted by Gasteiger charge is -2.30. The van der Waals surface area contributed by atoms with Crippen molar-refractivity contribution in [1.82, 2.24) is 5.32 Å². The number of nitrogens with one attached hydrogen (secondary N) is 2. The summed E-state index contributed by atoms with van der Waals surface area (Å²) in [6, 6.07) is 6.74. The van der Waals surface area contributed by atoms with Gasteiger partial charge in [0.2, 0.25) is 0 Å². The molecule has 0 radical (unpaired) electrons. The summed E-state index contributed by atoms with van der Waals surface area (Å²) in [6.45, 7) is 0.818. The SMILES string of the molecule is CNc1ccc2c(c1)N(C(=O)NC1CC1)CCC2. The number of aryl methyl sites for hydroxylation is 1. The normalized spacial score (nSPS) is 18.2. The molecule has 0 spiro atoms. The number of nitrogens with zero attached hydrogens (tertiary/aromatic N) is 1. The van der Waals surface area contributed by atoms with Gasteiger partial charge in [0, 0.05) is 25.3 Å². The Labute approximate surface area is 107 Å². The molecule has 0 saturated heterocycles. The molecule has 96 valence electrons. The number of hydrogen-bond donors (Lipinski definition) is 2. The Morgan fingerprint density at radius 2 is 2.22 bits per heavy atom. The number of benzene rings is 1. The van der Waals surface area contributed by atoms with Crippen LogP contribution in [0.1, 0.15) is 24.8 Å². The summed E-state index contributed by atoms with van der Waals surface area (Å²) in [6.07, 6.45) is 4.36. The van der Waals surface area contributed by atoms with Crippen LogP contribution in [0, 0.1) is 0 Å². The highest BCUT2D eigenvalue weighted by Gasteiger charge is 2.28. The predicted octanol–water partition coefficient (Wildman–Crippen LogP) is 2.35. The van der Waals surface area contributed by atoms with E-state index in [-0.39, 0.29) is 6.03 Å². The number of fused-ring (bicyclic) bond motifs is 1. The Hall–Kier alpha value is -1.71. The van der Waals surface area contributed by atoms with Gasteiger partial charge in [0.1, 0.15) is 0 Å². The molecule has 1 aromatic carbocycles. The molecule has 2 aliphatic rings. The van der Waals surface area contributed by atoms with Crippen LogP contribution in [0.25, 0.3) is 0 Å². The molecule has 3 rings (SSSR count). The van der Waals surface area contributed by atoms with E-state index in [4.69, 9.17) is 0 Å². The van der Waals surface area contributed by atoms with Gasteiger partial charge >= 0.3 is 6.03 Å². The second-order valence-corrected chi connectivity index (χ2v) is 5.07. The second kappa shape index (κ2) is 4.52. The van der Waals surface area contributed by atoms with Crippen LogP contribution in [-0.4, -0.2) is 25.7 Å². The standard InChI is InChI=1S/C14H19N3O/c1-15-12-5-4-10-3-2-8-17(13(10)9-12)14(18)16-11-6-7-11/h4-5,9,11,15H,2-3,6-8H2,1H3,(H,16,18). The van der Waals surface area contributed by atoms with Crippen LogP contribution in [-0.2, 0) is 6.42 Å². The molecule has 4 heteroatoms. The van der Waals surface area contributed by atoms with Crippen molar-refractivity contribution >= 4 is 17.4 Å². The average molecular weight is 245 g/mol. The summed E-state index contributed by atoms with van der Waals surface area (Å²) in [5, 5.41) is 6.20. The minimum Gasteiger partial charge on any atom is -0.388 e. The molecular formula is C14H19N3O. The van der Waals surface area contributed by atoms with Crippen molar-refractivity contribution in [1.29, 1.82) is 0 Å². The predicted molar refractivity (Wildman–Crippen MR) is 73.2 cm³/mol. The van der Waals surface area contributed by atoms with Gasteiger partial charge in [0.15, 0.2) is 0 Å². The smallest absolute Gasteiger partial charge is 0.322 e. The number of urea groups is 1. The number of rotatable bonds is 2. The molecule has 2 N–H and O–H groups in total. The molecule has 1 aliphatic carbocycles. The molecule has 1 aromatic rings. The van der Waals surface area contributed by atoms with E-state index < -0.39 is 0 Å². The third-order valence-corrected chi connectivity index (χ3v) is 3.64. The molecule has 0 aromatic heterocycles. The maximum Gasteiger partial charge on any atom is 0.322 e. The largest absolute Gasteiger partial charge is 0.388 e. The van der Waals surface area contributed by atoms with Crippen molar-refractivity contribution in [2.45, 2.75) is 31.7 Å². The fourth-order valence-electron chi connectivity index (χ4n) is 2.42. The van der Waals surface area contributed by atoms with E-state index >= 15 is 0 Å². The Morgan fingerprint density at radius 3 is 2.94 bits per heavy atom. The first-order valence-electron chi connectivity index (χ1n) is 6.66. The number of carbonyl (C=O) groups excluding carboxylic acids is 1. The maximum absolute atomic E-state index is 12.2. The van der Waals surface area contributed by atoms with Crippen molar-refractivity contribution < 1.29 is 4.79 Å². The van der Waals surface area contributed by atoms with Gasteiger partial charge in [-0.25, -0.2) is 4.79 Å². The van der Waals surface area contributed by atoms with E-state index in [2.05, 4.69) is 28.8 Å². The molecule has 1 saturated carbocycles. The van der Waals surface area contributed by atoms with Crippen molar-refractivity contribution in [3.05, 3.63) is 23.8 Å². The fourth-order valence-corrected chi connectivity index (χ4v) is 2.42. The molecule has 1 fully saturated rings. The molecule has 4 nitrogen and oxygen atoms in total. The summed E-state index contributed by atoms with van der Waals surface area (Å²) in [5.41, 5.74) is 3.39. The number of carbonyl (C=O) groups is 1. The summed E-state index contributed by atoms with van der Waals surface area (Å²) in [7, 11) is 1.90. The van der Waals surface area contributed by atoms with E-state index in [0.29, 0.717) is 6.04 Å². The van der Waals surface area contributed by atoms with Crippen LogP contribution < -0.4 is 15.5 Å². The van der Waals surface area contributed by atoms with Crippen LogP contribution in [0.3, 0.4) is 0 Å². The van der Waals surface area contributed by atoms with E-state index in [9.17, 15) is 4.79 Å². The maximum atomic E-state index is 12.2. The highest BCUT2D eigenvalue weighted by molar-refractivity contribution is 5.94. The van der Waals surface area contributed by atoms with Gasteiger partial charge < -0.3 is 10.6 Å². The van der Waals surface area contributed by atoms with Crippen molar-refractivity contribution in [3.8, 4) is 0 Å². The van der Waals surface area contributed by atoms with Gasteiger partial charge in [-0.1, -0.05) is 6.07 Å². The van der Waals surface area contributed by atoms with E-state index in [1.54, 1.807) is 0 Å². The zero-order valence-electron chi connectivity index (χ0n) is 10.7. The molecule has 0 atom stereocenters. The van der Waals surface area contributed by atoms with Crippen molar-refractivity contribution in [3.63, 3.8) is 0 Å². The molecule has 0 bridgehead atoms. The lowest BCUT2D eigenvalue weighted by Crippen LogP contribution is -2.43. The molecule has 1 aliphatic heterocycles. The lowest BCUT2D eigenvalue weighted by molar-refractivity contribution is 0.245. The zero-order chi connectivity index (χ0) is 12.5. The van der Waals surface area contributed by atoms with Crippen LogP contribution in [0.5, 0.6) is 0 Å². The molecule has 2 amide bonds. The topological polar surface area (TPSA) is 44.4 Å². The Bertz CT molecular complexity index is 468. The molecular weight excluding hydrogens is 226 g/mol. The summed E-state index contributed by atoms with van der Waals surface area (Å²) < 4.78 is 0. The Kier molecular flexibility index (Phi) is 2.86. The van der Waals surface area contributed by atoms with Gasteiger partial charge in [0.25, 0.3) is 0 Å². The average Bonchev–Trinajstić information content (AvgIpc) is 3.21. The first kappa shape index (κ1) is 11.4. The summed E-state index contributed by atoms with van der Waals surface area (Å²) >= 11 is 0. The van der Waals surface area contributed by atoms with E-state index in [1.807, 2.05) is 11.9 Å². The number of amides is 2. The minimum absolute atomic E-state index is 0.0618. The van der Waals surface area contributed by atoms with Gasteiger partial charge in [-0.15, -0.1) is 0 Å². The molecule has 0 unspecified atom stereocenters. The van der Waals surface area contributed by atoms with Crippen LogP contribution in [0.2, 0.25) is 0 Å². The van der Waals surface area contributed by atoms with Gasteiger partial charge in [-0.3, -0.25) is 4.90 Å². The van der Waals surface area contributed by atoms with E-state index in [0.717, 1.165) is 43.6 Å². The third kappa shape index (κ3) is 2.15. The second-order valence-electron chi connectivity index (χ2n) is 5.07. The monoisotopic (exact) mass is 245 g/mol. The Morgan fingerprint density at radius 1 is 1.39 bits per heavy atom.